The number of nitro groups is 1. The molecule has 1 spiro atoms. The summed E-state index contributed by atoms with van der Waals surface area (Å²) in [6.45, 7) is 13.7. The van der Waals surface area contributed by atoms with Gasteiger partial charge in [-0.3, -0.25) is 24.7 Å². The van der Waals surface area contributed by atoms with E-state index in [9.17, 15) is 28.4 Å². The number of carbonyl (C=O) groups is 1. The van der Waals surface area contributed by atoms with Gasteiger partial charge in [-0.2, -0.15) is 4.98 Å². The van der Waals surface area contributed by atoms with Crippen molar-refractivity contribution in [2.45, 2.75) is 114 Å². The molecule has 4 fully saturated rings. The highest BCUT2D eigenvalue weighted by Gasteiger charge is 2.50. The van der Waals surface area contributed by atoms with Crippen LogP contribution >= 0.6 is 0 Å². The molecule has 2 saturated heterocycles. The van der Waals surface area contributed by atoms with Crippen LogP contribution in [-0.2, 0) is 16.6 Å². The molecule has 2 aliphatic carbocycles. The van der Waals surface area contributed by atoms with Gasteiger partial charge >= 0.3 is 5.69 Å². The molecule has 4 aliphatic rings. The molecule has 19 nitrogen and oxygen atoms in total. The number of carbonyl (C=O) groups excluding carboxylic acids is 1. The van der Waals surface area contributed by atoms with Crippen LogP contribution in [0, 0.1) is 27.3 Å². The number of aromatic amines is 1. The van der Waals surface area contributed by atoms with Gasteiger partial charge in [-0.25, -0.2) is 27.5 Å². The first-order chi connectivity index (χ1) is 37.4. The summed E-state index contributed by atoms with van der Waals surface area (Å²) in [5.41, 5.74) is 3.51. The van der Waals surface area contributed by atoms with Crippen LogP contribution in [0.3, 0.4) is 0 Å². The number of sulfonamides is 1. The summed E-state index contributed by atoms with van der Waals surface area (Å²) < 4.78 is 62.5. The minimum Gasteiger partial charge on any atom is -0.481 e. The van der Waals surface area contributed by atoms with Gasteiger partial charge < -0.3 is 34.5 Å². The van der Waals surface area contributed by atoms with E-state index >= 15 is 4.39 Å². The number of nitrogens with zero attached hydrogens (tertiary/aromatic N) is 7. The molecule has 78 heavy (non-hydrogen) atoms. The molecular weight excluding hydrogens is 1020 g/mol. The maximum Gasteiger partial charge on any atom is 0.312 e. The maximum absolute atomic E-state index is 15.0. The molecule has 4 aromatic heterocycles. The lowest BCUT2D eigenvalue weighted by Crippen LogP contribution is -2.60. The van der Waals surface area contributed by atoms with Gasteiger partial charge in [0.1, 0.15) is 22.1 Å². The molecule has 1 amide bonds. The van der Waals surface area contributed by atoms with Crippen molar-refractivity contribution in [1.29, 1.82) is 0 Å². The zero-order valence-electron chi connectivity index (χ0n) is 44.8. The molecule has 4 N–H and O–H groups in total. The normalized spacial score (nSPS) is 21.1. The van der Waals surface area contributed by atoms with Crippen LogP contribution in [0.5, 0.6) is 23.3 Å². The van der Waals surface area contributed by atoms with Crippen molar-refractivity contribution in [3.05, 3.63) is 124 Å². The Bertz CT molecular complexity index is 3260. The first-order valence-corrected chi connectivity index (χ1v) is 28.5. The lowest BCUT2D eigenvalue weighted by Gasteiger charge is -2.58. The number of pyridine rings is 3. The van der Waals surface area contributed by atoms with Crippen molar-refractivity contribution < 1.29 is 41.8 Å². The molecule has 414 valence electrons. The standard InChI is InChI=1S/C57H69FN10O9S/c1-6-76-55-50(27-45-46(58)33-62-52(45)63-55)77-49-25-39(12-13-44(49)54(69)64-78(73,74)41-26-47(68(71)72)53(61-32-41)60-30-37-15-17-56(4,70)18-16-37)66-21-19-57(20-22-66)28-40(29-57)67-24-23-65(34-38-11-14-51(75-5)59-31-38)35-48(67)43-10-8-7-9-42(43)36(2)3/h7-14,25-27,31-33,36-37,40,48,70H,6,15-24,28-30,34-35H2,1-5H3,(H,60,61)(H,62,63)(H,64,69)/t37?,48-,56?/m0/s1. The van der Waals surface area contributed by atoms with E-state index in [2.05, 4.69) is 88.9 Å². The predicted octanol–water partition coefficient (Wildman–Crippen LogP) is 9.50. The highest BCUT2D eigenvalue weighted by molar-refractivity contribution is 7.90. The van der Waals surface area contributed by atoms with E-state index in [1.807, 2.05) is 12.3 Å². The average Bonchev–Trinajstić information content (AvgIpc) is 3.86. The number of benzene rings is 2. The van der Waals surface area contributed by atoms with E-state index in [4.69, 9.17) is 14.2 Å². The zero-order valence-corrected chi connectivity index (χ0v) is 45.7. The highest BCUT2D eigenvalue weighted by Crippen LogP contribution is 2.53. The maximum atomic E-state index is 15.0. The number of nitrogens with one attached hydrogen (secondary N) is 3. The minimum absolute atomic E-state index is 0.00979. The quantitative estimate of drug-likeness (QED) is 0.0464. The van der Waals surface area contributed by atoms with Crippen LogP contribution in [0.15, 0.2) is 90.2 Å². The average molecular weight is 1090 g/mol. The number of fused-ring (bicyclic) bond motifs is 1. The largest absolute Gasteiger partial charge is 0.481 e. The number of halogens is 1. The molecule has 0 unspecified atom stereocenters. The zero-order chi connectivity index (χ0) is 54.9. The fourth-order valence-electron chi connectivity index (χ4n) is 12.0. The molecule has 10 rings (SSSR count). The number of amides is 1. The van der Waals surface area contributed by atoms with Crippen molar-refractivity contribution in [3.63, 3.8) is 0 Å². The Labute approximate surface area is 454 Å². The van der Waals surface area contributed by atoms with Crippen LogP contribution in [0.1, 0.15) is 118 Å². The lowest BCUT2D eigenvalue weighted by molar-refractivity contribution is -0.384. The summed E-state index contributed by atoms with van der Waals surface area (Å²) in [7, 11) is -3.12. The van der Waals surface area contributed by atoms with Gasteiger partial charge in [0.15, 0.2) is 5.75 Å². The summed E-state index contributed by atoms with van der Waals surface area (Å²) in [6, 6.07) is 20.7. The second kappa shape index (κ2) is 22.4. The van der Waals surface area contributed by atoms with Gasteiger partial charge in [-0.05, 0) is 111 Å². The Morgan fingerprint density at radius 1 is 0.987 bits per heavy atom. The third-order valence-electron chi connectivity index (χ3n) is 16.5. The molecule has 2 saturated carbocycles. The molecule has 6 aromatic rings. The van der Waals surface area contributed by atoms with E-state index in [0.717, 1.165) is 94.7 Å². The SMILES string of the molecule is CCOc1nc2[nH]cc(F)c2cc1Oc1cc(N2CCC3(CC2)CC(N2CCN(Cc4ccc(OC)nc4)C[C@H]2c2ccccc2C(C)C)C3)ccc1C(=O)NS(=O)(=O)c1cnc(NCC2CCC(C)(O)CC2)c([N+](=O)[O-])c1. The van der Waals surface area contributed by atoms with Gasteiger partial charge in [0.05, 0.1) is 41.4 Å². The molecule has 1 atom stereocenters. The number of rotatable bonds is 18. The summed E-state index contributed by atoms with van der Waals surface area (Å²) in [4.78, 5) is 48.5. The number of methoxy groups -OCH3 is 1. The third kappa shape index (κ3) is 11.7. The van der Waals surface area contributed by atoms with Crippen LogP contribution < -0.4 is 29.1 Å². The topological polar surface area (TPSA) is 231 Å². The number of hydrogen-bond donors (Lipinski definition) is 4. The molecule has 0 radical (unpaired) electrons. The summed E-state index contributed by atoms with van der Waals surface area (Å²) in [5.74, 6) is -0.715. The first-order valence-electron chi connectivity index (χ1n) is 27.0. The van der Waals surface area contributed by atoms with Crippen LogP contribution in [0.4, 0.5) is 21.6 Å². The number of aromatic nitrogens is 4. The second-order valence-corrected chi connectivity index (χ2v) is 23.8. The Morgan fingerprint density at radius 3 is 2.46 bits per heavy atom. The van der Waals surface area contributed by atoms with Gasteiger partial charge in [0, 0.05) is 100 Å². The molecular formula is C57H69FN10O9S. The fraction of sp³-hybridized carbons (Fsp3) is 0.474. The van der Waals surface area contributed by atoms with Crippen LogP contribution in [0.2, 0.25) is 0 Å². The smallest absolute Gasteiger partial charge is 0.312 e. The van der Waals surface area contributed by atoms with E-state index in [0.29, 0.717) is 50.1 Å². The van der Waals surface area contributed by atoms with Crippen molar-refractivity contribution in [2.75, 3.05) is 63.2 Å². The third-order valence-corrected chi connectivity index (χ3v) is 17.8. The number of piperidine rings is 1. The number of ether oxygens (including phenoxy) is 3. The van der Waals surface area contributed by atoms with Crippen molar-refractivity contribution >= 4 is 44.2 Å². The Balaban J connectivity index is 0.862. The number of aliphatic hydroxyl groups is 1. The Morgan fingerprint density at radius 2 is 1.76 bits per heavy atom. The number of piperazine rings is 1. The van der Waals surface area contributed by atoms with E-state index in [-0.39, 0.29) is 63.8 Å². The van der Waals surface area contributed by atoms with E-state index in [1.54, 1.807) is 33.1 Å². The van der Waals surface area contributed by atoms with Crippen molar-refractivity contribution in [3.8, 4) is 23.3 Å². The highest BCUT2D eigenvalue weighted by atomic mass is 32.2. The lowest BCUT2D eigenvalue weighted by atomic mass is 9.59. The van der Waals surface area contributed by atoms with E-state index in [1.165, 1.54) is 23.3 Å². The minimum atomic E-state index is -4.75. The van der Waals surface area contributed by atoms with Crippen LogP contribution in [-0.4, -0.2) is 119 Å². The monoisotopic (exact) mass is 1090 g/mol. The number of H-pyrrole nitrogens is 1. The molecule has 0 bridgehead atoms. The van der Waals surface area contributed by atoms with Crippen LogP contribution in [0.25, 0.3) is 11.0 Å². The summed E-state index contributed by atoms with van der Waals surface area (Å²) in [6.07, 6.45) is 10.7. The van der Waals surface area contributed by atoms with Crippen molar-refractivity contribution in [2.24, 2.45) is 11.3 Å². The van der Waals surface area contributed by atoms with Crippen molar-refractivity contribution in [1.82, 2.24) is 34.5 Å². The Kier molecular flexibility index (Phi) is 15.6. The van der Waals surface area contributed by atoms with Gasteiger partial charge in [0.25, 0.3) is 21.8 Å². The van der Waals surface area contributed by atoms with Gasteiger partial charge in [-0.1, -0.05) is 44.2 Å². The molecule has 21 heteroatoms. The second-order valence-electron chi connectivity index (χ2n) is 22.1. The first kappa shape index (κ1) is 54.4. The number of hydrogen-bond acceptors (Lipinski definition) is 16. The van der Waals surface area contributed by atoms with E-state index < -0.39 is 42.9 Å². The fourth-order valence-corrected chi connectivity index (χ4v) is 12.9. The number of anilines is 2. The van der Waals surface area contributed by atoms with Gasteiger partial charge in [-0.15, -0.1) is 0 Å². The molecule has 2 aliphatic heterocycles. The van der Waals surface area contributed by atoms with Gasteiger partial charge in [0.2, 0.25) is 11.7 Å². The predicted molar refractivity (Wildman–Crippen MR) is 293 cm³/mol. The summed E-state index contributed by atoms with van der Waals surface area (Å²) in [5, 5.41) is 25.7. The summed E-state index contributed by atoms with van der Waals surface area (Å²) >= 11 is 0. The molecule has 2 aromatic carbocycles. The Hall–Kier alpha value is -6.94. The molecule has 6 heterocycles.